The number of hydrogen-bond donors (Lipinski definition) is 2. The van der Waals surface area contributed by atoms with E-state index in [1.165, 1.54) is 18.1 Å². The summed E-state index contributed by atoms with van der Waals surface area (Å²) in [6.07, 6.45) is 2.96. The fourth-order valence-electron chi connectivity index (χ4n) is 1.84. The number of nitrogens with zero attached hydrogens (tertiary/aromatic N) is 5. The van der Waals surface area contributed by atoms with Crippen molar-refractivity contribution in [1.29, 1.82) is 0 Å². The molecule has 1 amide bonds. The van der Waals surface area contributed by atoms with Crippen LogP contribution in [0.1, 0.15) is 5.82 Å². The number of aromatic nitrogens is 6. The largest absolute Gasteiger partial charge is 0.323 e. The predicted octanol–water partition coefficient (Wildman–Crippen LogP) is 2.08. The van der Waals surface area contributed by atoms with Crippen molar-refractivity contribution in [3.8, 4) is 5.69 Å². The molecule has 2 N–H and O–H groups in total. The maximum atomic E-state index is 12.1. The van der Waals surface area contributed by atoms with Crippen molar-refractivity contribution < 1.29 is 4.79 Å². The fourth-order valence-corrected chi connectivity index (χ4v) is 2.66. The summed E-state index contributed by atoms with van der Waals surface area (Å²) < 4.78 is 1.55. The predicted molar refractivity (Wildman–Crippen MR) is 86.8 cm³/mol. The Hall–Kier alpha value is -2.39. The quantitative estimate of drug-likeness (QED) is 0.684. The maximum Gasteiger partial charge on any atom is 0.234 e. The van der Waals surface area contributed by atoms with Gasteiger partial charge in [0.2, 0.25) is 11.1 Å². The first-order valence-corrected chi connectivity index (χ1v) is 7.94. The molecule has 0 saturated heterocycles. The number of carbonyl (C=O) groups is 1. The van der Waals surface area contributed by atoms with Gasteiger partial charge in [0.15, 0.2) is 0 Å². The van der Waals surface area contributed by atoms with Crippen molar-refractivity contribution in [3.05, 3.63) is 41.7 Å². The maximum absolute atomic E-state index is 12.1. The van der Waals surface area contributed by atoms with Crippen molar-refractivity contribution in [2.45, 2.75) is 12.1 Å². The van der Waals surface area contributed by atoms with Crippen molar-refractivity contribution in [3.63, 3.8) is 0 Å². The number of anilines is 1. The van der Waals surface area contributed by atoms with Gasteiger partial charge in [-0.15, -0.1) is 5.10 Å². The Labute approximate surface area is 140 Å². The van der Waals surface area contributed by atoms with Crippen LogP contribution >= 0.6 is 23.4 Å². The highest BCUT2D eigenvalue weighted by Crippen LogP contribution is 2.24. The van der Waals surface area contributed by atoms with Crippen LogP contribution in [0.3, 0.4) is 0 Å². The minimum Gasteiger partial charge on any atom is -0.323 e. The number of benzene rings is 1. The highest BCUT2D eigenvalue weighted by Gasteiger charge is 2.11. The lowest BCUT2D eigenvalue weighted by Crippen LogP contribution is -2.16. The lowest BCUT2D eigenvalue weighted by molar-refractivity contribution is -0.113. The standard InChI is InChI=1S/C13H12ClN7OS/c1-8-17-13(20-19-8)23-5-12(22)18-10-4-9(14)2-3-11(10)21-7-15-6-16-21/h2-4,6-7H,5H2,1H3,(H,18,22)(H,17,19,20). The van der Waals surface area contributed by atoms with E-state index in [1.807, 2.05) is 0 Å². The van der Waals surface area contributed by atoms with Gasteiger partial charge >= 0.3 is 0 Å². The summed E-state index contributed by atoms with van der Waals surface area (Å²) >= 11 is 7.25. The van der Waals surface area contributed by atoms with E-state index in [4.69, 9.17) is 11.6 Å². The van der Waals surface area contributed by atoms with E-state index >= 15 is 0 Å². The zero-order valence-electron chi connectivity index (χ0n) is 12.0. The number of aryl methyl sites for hydroxylation is 1. The SMILES string of the molecule is Cc1nc(SCC(=O)Nc2cc(Cl)ccc2-n2cncn2)n[nH]1. The lowest BCUT2D eigenvalue weighted by Gasteiger charge is -2.10. The summed E-state index contributed by atoms with van der Waals surface area (Å²) in [5.41, 5.74) is 1.23. The number of aromatic amines is 1. The molecule has 118 valence electrons. The molecular weight excluding hydrogens is 338 g/mol. The van der Waals surface area contributed by atoms with Gasteiger partial charge in [0.25, 0.3) is 0 Å². The first kappa shape index (κ1) is 15.5. The van der Waals surface area contributed by atoms with Crippen molar-refractivity contribution in [2.75, 3.05) is 11.1 Å². The van der Waals surface area contributed by atoms with Gasteiger partial charge < -0.3 is 5.32 Å². The highest BCUT2D eigenvalue weighted by atomic mass is 35.5. The van der Waals surface area contributed by atoms with Gasteiger partial charge in [-0.2, -0.15) is 5.10 Å². The minimum atomic E-state index is -0.193. The molecule has 0 unspecified atom stereocenters. The Morgan fingerprint density at radius 1 is 1.48 bits per heavy atom. The molecule has 2 aromatic heterocycles. The number of hydrogen-bond acceptors (Lipinski definition) is 6. The Bertz CT molecular complexity index is 818. The summed E-state index contributed by atoms with van der Waals surface area (Å²) in [6, 6.07) is 5.15. The Kier molecular flexibility index (Phi) is 4.58. The Balaban J connectivity index is 1.71. The molecule has 2 heterocycles. The van der Waals surface area contributed by atoms with Gasteiger partial charge in [-0.25, -0.2) is 14.6 Å². The van der Waals surface area contributed by atoms with Crippen LogP contribution in [0.25, 0.3) is 5.69 Å². The van der Waals surface area contributed by atoms with Crippen LogP contribution in [0.4, 0.5) is 5.69 Å². The summed E-state index contributed by atoms with van der Waals surface area (Å²) in [4.78, 5) is 20.2. The van der Waals surface area contributed by atoms with Crippen LogP contribution in [0, 0.1) is 6.92 Å². The third-order valence-corrected chi connectivity index (χ3v) is 3.89. The van der Waals surface area contributed by atoms with Gasteiger partial charge in [0.05, 0.1) is 17.1 Å². The number of halogens is 1. The van der Waals surface area contributed by atoms with Crippen LogP contribution in [0.2, 0.25) is 5.02 Å². The number of nitrogens with one attached hydrogen (secondary N) is 2. The summed E-state index contributed by atoms with van der Waals surface area (Å²) in [5, 5.41) is 14.6. The number of rotatable bonds is 5. The molecule has 0 saturated carbocycles. The van der Waals surface area contributed by atoms with Gasteiger partial charge in [-0.1, -0.05) is 23.4 Å². The molecule has 3 rings (SSSR count). The van der Waals surface area contributed by atoms with Crippen LogP contribution < -0.4 is 5.32 Å². The zero-order chi connectivity index (χ0) is 16.2. The van der Waals surface area contributed by atoms with E-state index in [-0.39, 0.29) is 11.7 Å². The molecule has 0 atom stereocenters. The summed E-state index contributed by atoms with van der Waals surface area (Å²) in [7, 11) is 0. The summed E-state index contributed by atoms with van der Waals surface area (Å²) in [6.45, 7) is 1.80. The van der Waals surface area contributed by atoms with Crippen LogP contribution in [0.15, 0.2) is 36.0 Å². The number of thioether (sulfide) groups is 1. The molecule has 0 aliphatic heterocycles. The Morgan fingerprint density at radius 2 is 2.35 bits per heavy atom. The highest BCUT2D eigenvalue weighted by molar-refractivity contribution is 7.99. The molecule has 8 nitrogen and oxygen atoms in total. The molecule has 0 fully saturated rings. The molecule has 0 radical (unpaired) electrons. The van der Waals surface area contributed by atoms with Crippen molar-refractivity contribution >= 4 is 35.0 Å². The van der Waals surface area contributed by atoms with E-state index in [2.05, 4.69) is 30.6 Å². The van der Waals surface area contributed by atoms with Gasteiger partial charge in [-0.3, -0.25) is 9.89 Å². The molecule has 0 aliphatic carbocycles. The molecule has 0 spiro atoms. The summed E-state index contributed by atoms with van der Waals surface area (Å²) in [5.74, 6) is 0.693. The topological polar surface area (TPSA) is 101 Å². The minimum absolute atomic E-state index is 0.181. The molecule has 0 bridgehead atoms. The first-order chi connectivity index (χ1) is 11.1. The average molecular weight is 350 g/mol. The molecule has 10 heteroatoms. The first-order valence-electron chi connectivity index (χ1n) is 6.58. The van der Waals surface area contributed by atoms with Gasteiger partial charge in [-0.05, 0) is 25.1 Å². The van der Waals surface area contributed by atoms with Crippen LogP contribution in [-0.2, 0) is 4.79 Å². The van der Waals surface area contributed by atoms with E-state index in [0.29, 0.717) is 27.4 Å². The second-order valence-corrected chi connectivity index (χ2v) is 5.92. The van der Waals surface area contributed by atoms with E-state index < -0.39 is 0 Å². The normalized spacial score (nSPS) is 10.7. The van der Waals surface area contributed by atoms with Gasteiger partial charge in [0.1, 0.15) is 18.5 Å². The van der Waals surface area contributed by atoms with E-state index in [9.17, 15) is 4.79 Å². The van der Waals surface area contributed by atoms with E-state index in [0.717, 1.165) is 0 Å². The Morgan fingerprint density at radius 3 is 3.04 bits per heavy atom. The molecule has 23 heavy (non-hydrogen) atoms. The number of amides is 1. The molecule has 3 aromatic rings. The second-order valence-electron chi connectivity index (χ2n) is 4.54. The van der Waals surface area contributed by atoms with Crippen molar-refractivity contribution in [1.82, 2.24) is 29.9 Å². The molecular formula is C13H12ClN7OS. The molecule has 0 aliphatic rings. The van der Waals surface area contributed by atoms with Gasteiger partial charge in [0, 0.05) is 5.02 Å². The van der Waals surface area contributed by atoms with Crippen molar-refractivity contribution in [2.24, 2.45) is 0 Å². The monoisotopic (exact) mass is 349 g/mol. The average Bonchev–Trinajstić information content (AvgIpc) is 3.17. The third-order valence-electron chi connectivity index (χ3n) is 2.81. The van der Waals surface area contributed by atoms with Crippen LogP contribution in [-0.4, -0.2) is 41.6 Å². The molecule has 1 aromatic carbocycles. The second kappa shape index (κ2) is 6.80. The van der Waals surface area contributed by atoms with E-state index in [1.54, 1.807) is 36.1 Å². The lowest BCUT2D eigenvalue weighted by atomic mass is 10.2. The smallest absolute Gasteiger partial charge is 0.234 e. The number of carbonyl (C=O) groups excluding carboxylic acids is 1. The number of H-pyrrole nitrogens is 1. The third kappa shape index (κ3) is 3.88. The van der Waals surface area contributed by atoms with Crippen LogP contribution in [0.5, 0.6) is 0 Å². The zero-order valence-corrected chi connectivity index (χ0v) is 13.6. The fraction of sp³-hybridized carbons (Fsp3) is 0.154.